The topological polar surface area (TPSA) is 73.6 Å². The number of carbonyl (C=O) groups excluding carboxylic acids is 1. The van der Waals surface area contributed by atoms with E-state index in [4.69, 9.17) is 9.97 Å². The maximum Gasteiger partial charge on any atom is 0.162 e. The lowest BCUT2D eigenvalue weighted by Crippen LogP contribution is -2.02. The van der Waals surface area contributed by atoms with Gasteiger partial charge in [-0.15, -0.1) is 0 Å². The van der Waals surface area contributed by atoms with Gasteiger partial charge in [0.25, 0.3) is 0 Å². The molecule has 0 aliphatic heterocycles. The van der Waals surface area contributed by atoms with Gasteiger partial charge < -0.3 is 4.57 Å². The van der Waals surface area contributed by atoms with Crippen molar-refractivity contribution >= 4 is 16.8 Å². The molecule has 6 nitrogen and oxygen atoms in total. The first-order chi connectivity index (χ1) is 16.3. The average Bonchev–Trinajstić information content (AvgIpc) is 3.40. The Labute approximate surface area is 192 Å². The molecule has 0 unspecified atom stereocenters. The maximum absolute atomic E-state index is 12.8. The zero-order valence-corrected chi connectivity index (χ0v) is 18.1. The number of rotatable bonds is 8. The van der Waals surface area contributed by atoms with Crippen molar-refractivity contribution in [3.63, 3.8) is 0 Å². The molecule has 0 saturated carbocycles. The Bertz CT molecular complexity index is 1370. The Morgan fingerprint density at radius 1 is 0.758 bits per heavy atom. The quantitative estimate of drug-likeness (QED) is 0.235. The van der Waals surface area contributed by atoms with Gasteiger partial charge in [-0.25, -0.2) is 15.0 Å². The molecule has 0 saturated heterocycles. The molecule has 6 heteroatoms. The number of nitrogens with zero attached hydrogens (tertiary/aromatic N) is 5. The fraction of sp³-hybridized carbons (Fsp3) is 0.148. The molecule has 0 fully saturated rings. The van der Waals surface area contributed by atoms with Crippen molar-refractivity contribution in [2.24, 2.45) is 0 Å². The van der Waals surface area contributed by atoms with Crippen LogP contribution in [0.4, 0.5) is 0 Å². The van der Waals surface area contributed by atoms with Gasteiger partial charge in [0, 0.05) is 54.4 Å². The molecule has 5 rings (SSSR count). The minimum absolute atomic E-state index is 0.127. The number of carbonyl (C=O) groups is 1. The molecule has 3 heterocycles. The first-order valence-corrected chi connectivity index (χ1v) is 11.0. The third-order valence-corrected chi connectivity index (χ3v) is 5.62. The Balaban J connectivity index is 1.43. The summed E-state index contributed by atoms with van der Waals surface area (Å²) in [4.78, 5) is 30.9. The van der Waals surface area contributed by atoms with Crippen molar-refractivity contribution in [3.8, 4) is 22.5 Å². The minimum atomic E-state index is 0.127. The van der Waals surface area contributed by atoms with Gasteiger partial charge in [-0.2, -0.15) is 0 Å². The zero-order chi connectivity index (χ0) is 22.5. The van der Waals surface area contributed by atoms with E-state index in [2.05, 4.69) is 9.97 Å². The van der Waals surface area contributed by atoms with Crippen LogP contribution in [0, 0.1) is 0 Å². The van der Waals surface area contributed by atoms with Crippen molar-refractivity contribution in [3.05, 3.63) is 97.3 Å². The van der Waals surface area contributed by atoms with E-state index in [1.807, 2.05) is 71.4 Å². The molecule has 0 bridgehead atoms. The number of hydrogen-bond donors (Lipinski definition) is 0. The summed E-state index contributed by atoms with van der Waals surface area (Å²) in [5, 5.41) is 0. The Morgan fingerprint density at radius 3 is 2.27 bits per heavy atom. The number of imidazole rings is 1. The summed E-state index contributed by atoms with van der Waals surface area (Å²) in [5.41, 5.74) is 5.68. The summed E-state index contributed by atoms with van der Waals surface area (Å²) in [7, 11) is 0. The number of aromatic nitrogens is 5. The number of unbranched alkanes of at least 4 members (excludes halogenated alkanes) is 1. The highest BCUT2D eigenvalue weighted by Gasteiger charge is 2.15. The Hall–Kier alpha value is -4.19. The van der Waals surface area contributed by atoms with E-state index in [0.717, 1.165) is 47.4 Å². The highest BCUT2D eigenvalue weighted by molar-refractivity contribution is 5.99. The summed E-state index contributed by atoms with van der Waals surface area (Å²) in [6.07, 6.45) is 11.3. The van der Waals surface area contributed by atoms with Gasteiger partial charge in [0.15, 0.2) is 5.78 Å². The Morgan fingerprint density at radius 2 is 1.52 bits per heavy atom. The molecule has 3 aromatic heterocycles. The molecule has 0 aliphatic rings. The zero-order valence-electron chi connectivity index (χ0n) is 18.1. The maximum atomic E-state index is 12.8. The number of hydrogen-bond acceptors (Lipinski definition) is 5. The van der Waals surface area contributed by atoms with Crippen LogP contribution < -0.4 is 0 Å². The van der Waals surface area contributed by atoms with Crippen LogP contribution in [-0.4, -0.2) is 30.3 Å². The van der Waals surface area contributed by atoms with Crippen LogP contribution in [0.5, 0.6) is 0 Å². The standard InChI is InChI=1S/C27H23N5O/c33-25(8-4-5-16-32-17-15-29-19-32)22-9-10-23-24(18-22)31-27(21-11-13-28-14-12-21)26(30-23)20-6-2-1-3-7-20/h1-3,6-7,9-15,17-19H,4-5,8,16H2. The van der Waals surface area contributed by atoms with Crippen molar-refractivity contribution in [1.29, 1.82) is 0 Å². The molecule has 0 radical (unpaired) electrons. The van der Waals surface area contributed by atoms with Crippen molar-refractivity contribution in [2.45, 2.75) is 25.8 Å². The first kappa shape index (κ1) is 20.7. The van der Waals surface area contributed by atoms with Crippen LogP contribution in [0.3, 0.4) is 0 Å². The van der Waals surface area contributed by atoms with Crippen molar-refractivity contribution < 1.29 is 4.79 Å². The van der Waals surface area contributed by atoms with Gasteiger partial charge in [0.2, 0.25) is 0 Å². The first-order valence-electron chi connectivity index (χ1n) is 11.0. The molecular formula is C27H23N5O. The minimum Gasteiger partial charge on any atom is -0.337 e. The predicted molar refractivity (Wildman–Crippen MR) is 129 cm³/mol. The molecule has 0 aliphatic carbocycles. The number of Topliss-reactive ketones (excluding diaryl/α,β-unsaturated/α-hetero) is 1. The largest absolute Gasteiger partial charge is 0.337 e. The summed E-state index contributed by atoms with van der Waals surface area (Å²) in [6.45, 7) is 0.869. The Kier molecular flexibility index (Phi) is 5.97. The second kappa shape index (κ2) is 9.53. The van der Waals surface area contributed by atoms with E-state index in [0.29, 0.717) is 17.5 Å². The SMILES string of the molecule is O=C(CCCCn1ccnc1)c1ccc2nc(-c3ccccc3)c(-c3ccncc3)nc2c1. The molecular weight excluding hydrogens is 410 g/mol. The second-order valence-corrected chi connectivity index (χ2v) is 7.91. The van der Waals surface area contributed by atoms with Crippen LogP contribution >= 0.6 is 0 Å². The molecule has 162 valence electrons. The molecule has 0 amide bonds. The van der Waals surface area contributed by atoms with Crippen LogP contribution in [0.1, 0.15) is 29.6 Å². The van der Waals surface area contributed by atoms with Crippen LogP contribution in [0.15, 0.2) is 91.8 Å². The van der Waals surface area contributed by atoms with E-state index in [1.54, 1.807) is 24.9 Å². The fourth-order valence-corrected chi connectivity index (χ4v) is 3.88. The van der Waals surface area contributed by atoms with Gasteiger partial charge in [-0.3, -0.25) is 9.78 Å². The molecule has 0 spiro atoms. The summed E-state index contributed by atoms with van der Waals surface area (Å²) < 4.78 is 2.03. The molecule has 33 heavy (non-hydrogen) atoms. The molecule has 0 atom stereocenters. The monoisotopic (exact) mass is 433 g/mol. The smallest absolute Gasteiger partial charge is 0.162 e. The molecule has 0 N–H and O–H groups in total. The lowest BCUT2D eigenvalue weighted by Gasteiger charge is -2.11. The third kappa shape index (κ3) is 4.70. The third-order valence-electron chi connectivity index (χ3n) is 5.62. The van der Waals surface area contributed by atoms with E-state index < -0.39 is 0 Å². The second-order valence-electron chi connectivity index (χ2n) is 7.91. The number of pyridine rings is 1. The lowest BCUT2D eigenvalue weighted by molar-refractivity contribution is 0.0979. The highest BCUT2D eigenvalue weighted by Crippen LogP contribution is 2.31. The van der Waals surface area contributed by atoms with E-state index in [-0.39, 0.29) is 5.78 Å². The number of ketones is 1. The van der Waals surface area contributed by atoms with Gasteiger partial charge in [0.05, 0.1) is 28.7 Å². The van der Waals surface area contributed by atoms with Crippen LogP contribution in [0.25, 0.3) is 33.5 Å². The van der Waals surface area contributed by atoms with E-state index in [9.17, 15) is 4.79 Å². The van der Waals surface area contributed by atoms with E-state index >= 15 is 0 Å². The number of aryl methyl sites for hydroxylation is 1. The summed E-state index contributed by atoms with van der Waals surface area (Å²) in [6, 6.07) is 19.5. The molecule has 2 aromatic carbocycles. The van der Waals surface area contributed by atoms with Gasteiger partial charge in [-0.05, 0) is 43.2 Å². The average molecular weight is 434 g/mol. The summed E-state index contributed by atoms with van der Waals surface area (Å²) >= 11 is 0. The highest BCUT2D eigenvalue weighted by atomic mass is 16.1. The normalized spacial score (nSPS) is 11.0. The van der Waals surface area contributed by atoms with Gasteiger partial charge >= 0.3 is 0 Å². The van der Waals surface area contributed by atoms with E-state index in [1.165, 1.54) is 0 Å². The molecule has 5 aromatic rings. The van der Waals surface area contributed by atoms with Crippen molar-refractivity contribution in [1.82, 2.24) is 24.5 Å². The fourth-order valence-electron chi connectivity index (χ4n) is 3.88. The van der Waals surface area contributed by atoms with Crippen LogP contribution in [-0.2, 0) is 6.54 Å². The van der Waals surface area contributed by atoms with Crippen molar-refractivity contribution in [2.75, 3.05) is 0 Å². The van der Waals surface area contributed by atoms with Gasteiger partial charge in [-0.1, -0.05) is 30.3 Å². The predicted octanol–water partition coefficient (Wildman–Crippen LogP) is 5.61. The lowest BCUT2D eigenvalue weighted by atomic mass is 10.0. The number of fused-ring (bicyclic) bond motifs is 1. The summed E-state index contributed by atoms with van der Waals surface area (Å²) in [5.74, 6) is 0.127. The van der Waals surface area contributed by atoms with Gasteiger partial charge in [0.1, 0.15) is 0 Å². The number of benzene rings is 2. The van der Waals surface area contributed by atoms with Crippen LogP contribution in [0.2, 0.25) is 0 Å².